The summed E-state index contributed by atoms with van der Waals surface area (Å²) in [5.74, 6) is -0.343. The van der Waals surface area contributed by atoms with E-state index in [1.165, 1.54) is 0 Å². The molecule has 0 bridgehead atoms. The summed E-state index contributed by atoms with van der Waals surface area (Å²) in [5, 5.41) is 3.29. The van der Waals surface area contributed by atoms with Crippen LogP contribution in [0.5, 0.6) is 0 Å². The molecule has 2 fully saturated rings. The van der Waals surface area contributed by atoms with Crippen LogP contribution in [0.4, 0.5) is 4.79 Å². The van der Waals surface area contributed by atoms with Gasteiger partial charge in [0, 0.05) is 32.0 Å². The van der Waals surface area contributed by atoms with E-state index >= 15 is 0 Å². The average molecular weight is 255 g/mol. The fourth-order valence-electron chi connectivity index (χ4n) is 2.58. The number of hydrogen-bond donors (Lipinski definition) is 2. The number of hydrogen-bond acceptors (Lipinski definition) is 4. The molecule has 2 aliphatic rings. The number of nitrogens with one attached hydrogen (secondary N) is 1. The Hall–Kier alpha value is -1.30. The summed E-state index contributed by atoms with van der Waals surface area (Å²) in [6.45, 7) is 2.59. The number of ether oxygens (including phenoxy) is 1. The Morgan fingerprint density at radius 2 is 2.33 bits per heavy atom. The van der Waals surface area contributed by atoms with Gasteiger partial charge in [0.2, 0.25) is 5.91 Å². The van der Waals surface area contributed by atoms with Crippen LogP contribution < -0.4 is 11.1 Å². The van der Waals surface area contributed by atoms with Gasteiger partial charge < -0.3 is 20.7 Å². The van der Waals surface area contributed by atoms with E-state index < -0.39 is 0 Å². The largest absolute Gasteiger partial charge is 0.446 e. The van der Waals surface area contributed by atoms with Gasteiger partial charge in [-0.1, -0.05) is 0 Å². The van der Waals surface area contributed by atoms with E-state index in [4.69, 9.17) is 10.5 Å². The van der Waals surface area contributed by atoms with Crippen molar-refractivity contribution in [1.29, 1.82) is 0 Å². The first-order valence-electron chi connectivity index (χ1n) is 6.63. The molecule has 0 saturated carbocycles. The number of primary amides is 1. The minimum Gasteiger partial charge on any atom is -0.446 e. The highest BCUT2D eigenvalue weighted by Crippen LogP contribution is 2.20. The number of cyclic esters (lactones) is 1. The van der Waals surface area contributed by atoms with Gasteiger partial charge in [0.25, 0.3) is 0 Å². The van der Waals surface area contributed by atoms with E-state index in [-0.39, 0.29) is 30.6 Å². The fraction of sp³-hybridized carbons (Fsp3) is 0.833. The zero-order valence-corrected chi connectivity index (χ0v) is 10.6. The molecule has 2 unspecified atom stereocenters. The van der Waals surface area contributed by atoms with Crippen LogP contribution in [0.2, 0.25) is 0 Å². The molecule has 2 rings (SSSR count). The summed E-state index contributed by atoms with van der Waals surface area (Å²) in [5.41, 5.74) is 5.09. The second-order valence-corrected chi connectivity index (χ2v) is 4.99. The topological polar surface area (TPSA) is 84.7 Å². The molecule has 6 nitrogen and oxygen atoms in total. The summed E-state index contributed by atoms with van der Waals surface area (Å²) in [6.07, 6.45) is 3.34. The highest BCUT2D eigenvalue weighted by molar-refractivity contribution is 5.74. The van der Waals surface area contributed by atoms with Gasteiger partial charge in [-0.15, -0.1) is 0 Å². The first-order valence-corrected chi connectivity index (χ1v) is 6.63. The highest BCUT2D eigenvalue weighted by atomic mass is 16.6. The zero-order valence-electron chi connectivity index (χ0n) is 10.6. The summed E-state index contributed by atoms with van der Waals surface area (Å²) < 4.78 is 5.35. The smallest absolute Gasteiger partial charge is 0.410 e. The fourth-order valence-corrected chi connectivity index (χ4v) is 2.58. The van der Waals surface area contributed by atoms with E-state index in [9.17, 15) is 9.59 Å². The molecular formula is C12H21N3O3. The predicted octanol–water partition coefficient (Wildman–Crippen LogP) is 0.215. The normalized spacial score (nSPS) is 28.9. The number of carbonyl (C=O) groups excluding carboxylic acids is 2. The summed E-state index contributed by atoms with van der Waals surface area (Å²) in [4.78, 5) is 24.4. The van der Waals surface area contributed by atoms with Gasteiger partial charge in [-0.2, -0.15) is 0 Å². The van der Waals surface area contributed by atoms with E-state index in [1.807, 2.05) is 4.90 Å². The Balaban J connectivity index is 1.80. The minimum absolute atomic E-state index is 0.155. The molecular weight excluding hydrogens is 234 g/mol. The number of nitrogens with zero attached hydrogens (tertiary/aromatic N) is 1. The van der Waals surface area contributed by atoms with E-state index in [0.717, 1.165) is 32.4 Å². The lowest BCUT2D eigenvalue weighted by Crippen LogP contribution is -2.52. The Morgan fingerprint density at radius 3 is 2.94 bits per heavy atom. The van der Waals surface area contributed by atoms with Crippen molar-refractivity contribution in [1.82, 2.24) is 10.2 Å². The molecule has 2 atom stereocenters. The Bertz CT molecular complexity index is 316. The molecule has 18 heavy (non-hydrogen) atoms. The third-order valence-electron chi connectivity index (χ3n) is 3.62. The van der Waals surface area contributed by atoms with Crippen molar-refractivity contribution < 1.29 is 14.3 Å². The van der Waals surface area contributed by atoms with Gasteiger partial charge in [-0.3, -0.25) is 4.79 Å². The van der Waals surface area contributed by atoms with Crippen molar-refractivity contribution in [3.05, 3.63) is 0 Å². The summed E-state index contributed by atoms with van der Waals surface area (Å²) in [6, 6.07) is 0.253. The van der Waals surface area contributed by atoms with Crippen molar-refractivity contribution in [2.24, 2.45) is 5.73 Å². The van der Waals surface area contributed by atoms with Gasteiger partial charge in [0.15, 0.2) is 0 Å². The molecule has 0 aromatic heterocycles. The van der Waals surface area contributed by atoms with Crippen LogP contribution in [0.25, 0.3) is 0 Å². The maximum absolute atomic E-state index is 11.9. The van der Waals surface area contributed by atoms with Crippen LogP contribution >= 0.6 is 0 Å². The number of carbonyl (C=O) groups is 2. The van der Waals surface area contributed by atoms with Crippen molar-refractivity contribution in [3.63, 3.8) is 0 Å². The van der Waals surface area contributed by atoms with Crippen LogP contribution in [0.3, 0.4) is 0 Å². The molecule has 2 heterocycles. The third-order valence-corrected chi connectivity index (χ3v) is 3.62. The van der Waals surface area contributed by atoms with Crippen molar-refractivity contribution in [2.75, 3.05) is 19.6 Å². The number of rotatable bonds is 4. The number of piperidine rings is 1. The second-order valence-electron chi connectivity index (χ2n) is 4.99. The van der Waals surface area contributed by atoms with Crippen LogP contribution in [-0.4, -0.2) is 48.7 Å². The number of nitrogens with two attached hydrogens (primary N) is 1. The zero-order chi connectivity index (χ0) is 13.0. The van der Waals surface area contributed by atoms with Gasteiger partial charge in [-0.05, 0) is 25.8 Å². The Morgan fingerprint density at radius 1 is 1.50 bits per heavy atom. The molecule has 0 aliphatic carbocycles. The standard InChI is InChI=1S/C12H21N3O3/c13-11(16)4-3-10-5-7-15(12(17)18-10)9-2-1-6-14-8-9/h9-10,14H,1-8H2,(H2,13,16). The van der Waals surface area contributed by atoms with E-state index in [1.54, 1.807) is 0 Å². The minimum atomic E-state index is -0.343. The lowest BCUT2D eigenvalue weighted by molar-refractivity contribution is -0.118. The van der Waals surface area contributed by atoms with Crippen LogP contribution in [-0.2, 0) is 9.53 Å². The van der Waals surface area contributed by atoms with Crippen molar-refractivity contribution >= 4 is 12.0 Å². The van der Waals surface area contributed by atoms with Crippen molar-refractivity contribution in [3.8, 4) is 0 Å². The number of amides is 2. The molecule has 2 aliphatic heterocycles. The van der Waals surface area contributed by atoms with E-state index in [2.05, 4.69) is 5.32 Å². The first kappa shape index (κ1) is 13.1. The molecule has 0 spiro atoms. The van der Waals surface area contributed by atoms with Crippen molar-refractivity contribution in [2.45, 2.75) is 44.2 Å². The molecule has 3 N–H and O–H groups in total. The average Bonchev–Trinajstić information content (AvgIpc) is 2.37. The lowest BCUT2D eigenvalue weighted by atomic mass is 10.0. The molecule has 0 aromatic carbocycles. The third kappa shape index (κ3) is 3.35. The van der Waals surface area contributed by atoms with Crippen LogP contribution in [0, 0.1) is 0 Å². The molecule has 102 valence electrons. The van der Waals surface area contributed by atoms with E-state index in [0.29, 0.717) is 13.0 Å². The maximum Gasteiger partial charge on any atom is 0.410 e. The molecule has 0 radical (unpaired) electrons. The highest BCUT2D eigenvalue weighted by Gasteiger charge is 2.32. The molecule has 6 heteroatoms. The van der Waals surface area contributed by atoms with Crippen LogP contribution in [0.1, 0.15) is 32.1 Å². The SMILES string of the molecule is NC(=O)CCC1CCN(C2CCCNC2)C(=O)O1. The molecule has 0 aromatic rings. The monoisotopic (exact) mass is 255 g/mol. The van der Waals surface area contributed by atoms with Gasteiger partial charge >= 0.3 is 6.09 Å². The van der Waals surface area contributed by atoms with Gasteiger partial charge in [0.1, 0.15) is 6.10 Å². The molecule has 2 saturated heterocycles. The first-order chi connectivity index (χ1) is 8.66. The Kier molecular flexibility index (Phi) is 4.41. The molecule has 2 amide bonds. The second kappa shape index (κ2) is 6.04. The van der Waals surface area contributed by atoms with Gasteiger partial charge in [0.05, 0.1) is 0 Å². The van der Waals surface area contributed by atoms with Crippen LogP contribution in [0.15, 0.2) is 0 Å². The summed E-state index contributed by atoms with van der Waals surface area (Å²) >= 11 is 0. The quantitative estimate of drug-likeness (QED) is 0.752. The Labute approximate surface area is 107 Å². The van der Waals surface area contributed by atoms with Gasteiger partial charge in [-0.25, -0.2) is 4.79 Å². The maximum atomic E-state index is 11.9. The summed E-state index contributed by atoms with van der Waals surface area (Å²) in [7, 11) is 0. The lowest BCUT2D eigenvalue weighted by Gasteiger charge is -2.38. The predicted molar refractivity (Wildman–Crippen MR) is 65.9 cm³/mol.